The van der Waals surface area contributed by atoms with Crippen molar-refractivity contribution in [3.8, 4) is 0 Å². The average molecular weight is 214 g/mol. The van der Waals surface area contributed by atoms with Crippen molar-refractivity contribution < 1.29 is 4.79 Å². The lowest BCUT2D eigenvalue weighted by Crippen LogP contribution is -2.48. The predicted octanol–water partition coefficient (Wildman–Crippen LogP) is 0.702. The molecule has 1 saturated heterocycles. The van der Waals surface area contributed by atoms with Crippen molar-refractivity contribution in [1.82, 2.24) is 10.2 Å². The van der Waals surface area contributed by atoms with Gasteiger partial charge < -0.3 is 5.32 Å². The zero-order valence-electron chi connectivity index (χ0n) is 8.66. The third-order valence-corrected chi connectivity index (χ3v) is 3.84. The minimum absolute atomic E-state index is 0.0662. The van der Waals surface area contributed by atoms with Crippen LogP contribution < -0.4 is 5.32 Å². The van der Waals surface area contributed by atoms with Crippen LogP contribution >= 0.6 is 11.8 Å². The molecule has 1 saturated carbocycles. The molecule has 2 rings (SSSR count). The largest absolute Gasteiger partial charge is 0.352 e. The van der Waals surface area contributed by atoms with Crippen LogP contribution in [0.3, 0.4) is 0 Å². The number of carbonyl (C=O) groups is 1. The maximum absolute atomic E-state index is 11.7. The third kappa shape index (κ3) is 2.64. The van der Waals surface area contributed by atoms with Crippen molar-refractivity contribution in [1.29, 1.82) is 0 Å². The molecule has 80 valence electrons. The van der Waals surface area contributed by atoms with E-state index in [2.05, 4.69) is 10.2 Å². The molecule has 2 fully saturated rings. The Morgan fingerprint density at radius 2 is 2.07 bits per heavy atom. The van der Waals surface area contributed by atoms with E-state index in [1.807, 2.05) is 18.7 Å². The van der Waals surface area contributed by atoms with Crippen LogP contribution in [0.2, 0.25) is 0 Å². The molecule has 0 aromatic rings. The van der Waals surface area contributed by atoms with E-state index in [-0.39, 0.29) is 11.9 Å². The second-order valence-corrected chi connectivity index (χ2v) is 5.33. The van der Waals surface area contributed by atoms with Crippen molar-refractivity contribution in [2.45, 2.75) is 31.8 Å². The molecule has 2 aliphatic rings. The smallest absolute Gasteiger partial charge is 0.237 e. The first-order chi connectivity index (χ1) is 6.77. The number of rotatable bonds is 3. The van der Waals surface area contributed by atoms with E-state index in [0.717, 1.165) is 13.1 Å². The van der Waals surface area contributed by atoms with Gasteiger partial charge in [-0.25, -0.2) is 0 Å². The maximum Gasteiger partial charge on any atom is 0.237 e. The lowest BCUT2D eigenvalue weighted by molar-refractivity contribution is -0.125. The molecule has 1 atom stereocenters. The van der Waals surface area contributed by atoms with Gasteiger partial charge in [0.05, 0.1) is 6.04 Å². The quantitative estimate of drug-likeness (QED) is 0.750. The van der Waals surface area contributed by atoms with Gasteiger partial charge >= 0.3 is 0 Å². The summed E-state index contributed by atoms with van der Waals surface area (Å²) in [7, 11) is 0. The van der Waals surface area contributed by atoms with Gasteiger partial charge in [0.1, 0.15) is 0 Å². The Morgan fingerprint density at radius 3 is 2.64 bits per heavy atom. The minimum Gasteiger partial charge on any atom is -0.352 e. The molecule has 4 heteroatoms. The van der Waals surface area contributed by atoms with Gasteiger partial charge in [0.2, 0.25) is 5.91 Å². The topological polar surface area (TPSA) is 32.3 Å². The van der Waals surface area contributed by atoms with Crippen LogP contribution in [-0.4, -0.2) is 47.5 Å². The highest BCUT2D eigenvalue weighted by Crippen LogP contribution is 2.19. The van der Waals surface area contributed by atoms with Gasteiger partial charge in [-0.1, -0.05) is 0 Å². The van der Waals surface area contributed by atoms with E-state index >= 15 is 0 Å². The lowest BCUT2D eigenvalue weighted by atomic mass is 10.2. The van der Waals surface area contributed by atoms with Crippen molar-refractivity contribution in [3.63, 3.8) is 0 Å². The van der Waals surface area contributed by atoms with Crippen LogP contribution in [-0.2, 0) is 4.79 Å². The molecule has 0 aromatic carbocycles. The van der Waals surface area contributed by atoms with E-state index in [1.165, 1.54) is 24.3 Å². The second kappa shape index (κ2) is 4.53. The van der Waals surface area contributed by atoms with Crippen LogP contribution in [0.5, 0.6) is 0 Å². The molecule has 1 N–H and O–H groups in total. The van der Waals surface area contributed by atoms with Crippen molar-refractivity contribution >= 4 is 17.7 Å². The number of hydrogen-bond donors (Lipinski definition) is 1. The summed E-state index contributed by atoms with van der Waals surface area (Å²) in [4.78, 5) is 14.0. The highest BCUT2D eigenvalue weighted by molar-refractivity contribution is 7.99. The first-order valence-corrected chi connectivity index (χ1v) is 6.55. The Bertz CT molecular complexity index is 212. The summed E-state index contributed by atoms with van der Waals surface area (Å²) in [5.41, 5.74) is 0. The average Bonchev–Trinajstić information content (AvgIpc) is 3.02. The standard InChI is InChI=1S/C10H18N2OS/c1-8(10(13)11-9-2-3-9)12-4-6-14-7-5-12/h8-9H,2-7H2,1H3,(H,11,13)/t8-/m1/s1. The molecule has 3 nitrogen and oxygen atoms in total. The summed E-state index contributed by atoms with van der Waals surface area (Å²) in [6.07, 6.45) is 2.35. The van der Waals surface area contributed by atoms with Gasteiger partial charge in [-0.15, -0.1) is 0 Å². The van der Waals surface area contributed by atoms with Crippen molar-refractivity contribution in [2.75, 3.05) is 24.6 Å². The molecule has 0 unspecified atom stereocenters. The number of amides is 1. The Hall–Kier alpha value is -0.220. The number of hydrogen-bond acceptors (Lipinski definition) is 3. The van der Waals surface area contributed by atoms with Crippen LogP contribution in [0.4, 0.5) is 0 Å². The minimum atomic E-state index is 0.0662. The molecule has 0 aromatic heterocycles. The van der Waals surface area contributed by atoms with Crippen LogP contribution in [0.1, 0.15) is 19.8 Å². The molecule has 0 bridgehead atoms. The van der Waals surface area contributed by atoms with Crippen molar-refractivity contribution in [2.24, 2.45) is 0 Å². The van der Waals surface area contributed by atoms with Crippen LogP contribution in [0.25, 0.3) is 0 Å². The predicted molar refractivity (Wildman–Crippen MR) is 59.5 cm³/mol. The molecule has 1 aliphatic heterocycles. The van der Waals surface area contributed by atoms with Gasteiger partial charge in [0, 0.05) is 30.6 Å². The first-order valence-electron chi connectivity index (χ1n) is 5.39. The summed E-state index contributed by atoms with van der Waals surface area (Å²) in [5, 5.41) is 3.06. The molecule has 14 heavy (non-hydrogen) atoms. The zero-order chi connectivity index (χ0) is 9.97. The maximum atomic E-state index is 11.7. The SMILES string of the molecule is C[C@H](C(=O)NC1CC1)N1CCSCC1. The summed E-state index contributed by atoms with van der Waals surface area (Å²) >= 11 is 1.98. The zero-order valence-corrected chi connectivity index (χ0v) is 9.48. The van der Waals surface area contributed by atoms with E-state index in [1.54, 1.807) is 0 Å². The molecule has 1 aliphatic carbocycles. The molecule has 1 amide bonds. The molecular weight excluding hydrogens is 196 g/mol. The Balaban J connectivity index is 1.78. The van der Waals surface area contributed by atoms with E-state index in [4.69, 9.17) is 0 Å². The van der Waals surface area contributed by atoms with Gasteiger partial charge in [-0.05, 0) is 19.8 Å². The van der Waals surface area contributed by atoms with Crippen LogP contribution in [0, 0.1) is 0 Å². The second-order valence-electron chi connectivity index (χ2n) is 4.11. The van der Waals surface area contributed by atoms with Gasteiger partial charge in [-0.3, -0.25) is 9.69 Å². The fraction of sp³-hybridized carbons (Fsp3) is 0.900. The lowest BCUT2D eigenvalue weighted by Gasteiger charge is -2.31. The van der Waals surface area contributed by atoms with Gasteiger partial charge in [0.15, 0.2) is 0 Å². The number of nitrogens with zero attached hydrogens (tertiary/aromatic N) is 1. The number of nitrogens with one attached hydrogen (secondary N) is 1. The van der Waals surface area contributed by atoms with Crippen LogP contribution in [0.15, 0.2) is 0 Å². The van der Waals surface area contributed by atoms with E-state index < -0.39 is 0 Å². The van der Waals surface area contributed by atoms with E-state index in [9.17, 15) is 4.79 Å². The molecular formula is C10H18N2OS. The van der Waals surface area contributed by atoms with Gasteiger partial charge in [-0.2, -0.15) is 11.8 Å². The first kappa shape index (κ1) is 10.3. The summed E-state index contributed by atoms with van der Waals surface area (Å²) < 4.78 is 0. The molecule has 0 radical (unpaired) electrons. The van der Waals surface area contributed by atoms with E-state index in [0.29, 0.717) is 6.04 Å². The Kier molecular flexibility index (Phi) is 3.34. The number of carbonyl (C=O) groups excluding carboxylic acids is 1. The summed E-state index contributed by atoms with van der Waals surface area (Å²) in [5.74, 6) is 2.56. The Morgan fingerprint density at radius 1 is 1.43 bits per heavy atom. The molecule has 0 spiro atoms. The monoisotopic (exact) mass is 214 g/mol. The van der Waals surface area contributed by atoms with Crippen molar-refractivity contribution in [3.05, 3.63) is 0 Å². The fourth-order valence-electron chi connectivity index (χ4n) is 1.68. The summed E-state index contributed by atoms with van der Waals surface area (Å²) in [6.45, 7) is 4.14. The Labute approximate surface area is 89.6 Å². The highest BCUT2D eigenvalue weighted by atomic mass is 32.2. The third-order valence-electron chi connectivity index (χ3n) is 2.90. The van der Waals surface area contributed by atoms with Gasteiger partial charge in [0.25, 0.3) is 0 Å². The summed E-state index contributed by atoms with van der Waals surface area (Å²) in [6, 6.07) is 0.556. The molecule has 1 heterocycles. The highest BCUT2D eigenvalue weighted by Gasteiger charge is 2.28. The fourth-order valence-corrected chi connectivity index (χ4v) is 2.61. The normalized spacial score (nSPS) is 25.8. The number of thioether (sulfide) groups is 1.